The zero-order valence-electron chi connectivity index (χ0n) is 9.84. The number of phenolic OH excluding ortho intramolecular Hbond substituents is 1. The molecular weight excluding hydrogens is 251 g/mol. The van der Waals surface area contributed by atoms with Crippen molar-refractivity contribution in [1.82, 2.24) is 0 Å². The molecule has 2 aromatic rings. The Bertz CT molecular complexity index is 610. The number of phenols is 1. The summed E-state index contributed by atoms with van der Waals surface area (Å²) in [6.07, 6.45) is 0. The first-order chi connectivity index (χ1) is 9.08. The SMILES string of the molecule is O=C(O)c1c(F)cccc1OCc1cccc(O)c1. The Kier molecular flexibility index (Phi) is 3.66. The van der Waals surface area contributed by atoms with Crippen molar-refractivity contribution in [2.45, 2.75) is 6.61 Å². The van der Waals surface area contributed by atoms with Gasteiger partial charge in [0.2, 0.25) is 0 Å². The second kappa shape index (κ2) is 5.39. The summed E-state index contributed by atoms with van der Waals surface area (Å²) in [5, 5.41) is 18.2. The first-order valence-corrected chi connectivity index (χ1v) is 5.50. The smallest absolute Gasteiger partial charge is 0.342 e. The van der Waals surface area contributed by atoms with E-state index in [1.807, 2.05) is 0 Å². The second-order valence-electron chi connectivity index (χ2n) is 3.88. The number of benzene rings is 2. The largest absolute Gasteiger partial charge is 0.508 e. The van der Waals surface area contributed by atoms with Crippen molar-refractivity contribution in [1.29, 1.82) is 0 Å². The van der Waals surface area contributed by atoms with E-state index in [2.05, 4.69) is 0 Å². The number of carbonyl (C=O) groups is 1. The molecule has 0 unspecified atom stereocenters. The highest BCUT2D eigenvalue weighted by Crippen LogP contribution is 2.23. The Balaban J connectivity index is 2.20. The number of aromatic hydroxyl groups is 1. The Labute approximate surface area is 108 Å². The number of rotatable bonds is 4. The average Bonchev–Trinajstić information content (AvgIpc) is 2.36. The van der Waals surface area contributed by atoms with Crippen molar-refractivity contribution in [2.24, 2.45) is 0 Å². The standard InChI is InChI=1S/C14H11FO4/c15-11-5-2-6-12(13(11)14(17)18)19-8-9-3-1-4-10(16)7-9/h1-7,16H,8H2,(H,17,18). The summed E-state index contributed by atoms with van der Waals surface area (Å²) < 4.78 is 18.7. The third-order valence-electron chi connectivity index (χ3n) is 2.49. The van der Waals surface area contributed by atoms with E-state index in [1.165, 1.54) is 24.3 Å². The van der Waals surface area contributed by atoms with Crippen LogP contribution in [-0.4, -0.2) is 16.2 Å². The van der Waals surface area contributed by atoms with Crippen LogP contribution in [0.5, 0.6) is 11.5 Å². The van der Waals surface area contributed by atoms with Gasteiger partial charge >= 0.3 is 5.97 Å². The average molecular weight is 262 g/mol. The van der Waals surface area contributed by atoms with Crippen LogP contribution in [0, 0.1) is 5.82 Å². The first-order valence-electron chi connectivity index (χ1n) is 5.50. The monoisotopic (exact) mass is 262 g/mol. The number of carboxylic acids is 1. The number of ether oxygens (including phenoxy) is 1. The van der Waals surface area contributed by atoms with Crippen molar-refractivity contribution in [3.05, 3.63) is 59.4 Å². The molecule has 0 saturated carbocycles. The van der Waals surface area contributed by atoms with Crippen molar-refractivity contribution < 1.29 is 24.1 Å². The van der Waals surface area contributed by atoms with Gasteiger partial charge in [0.1, 0.15) is 29.5 Å². The maximum absolute atomic E-state index is 13.4. The summed E-state index contributed by atoms with van der Waals surface area (Å²) in [6, 6.07) is 10.2. The van der Waals surface area contributed by atoms with Gasteiger partial charge in [-0.15, -0.1) is 0 Å². The molecule has 19 heavy (non-hydrogen) atoms. The van der Waals surface area contributed by atoms with Crippen molar-refractivity contribution >= 4 is 5.97 Å². The highest BCUT2D eigenvalue weighted by Gasteiger charge is 2.16. The Hall–Kier alpha value is -2.56. The summed E-state index contributed by atoms with van der Waals surface area (Å²) in [7, 11) is 0. The van der Waals surface area contributed by atoms with E-state index >= 15 is 0 Å². The number of hydrogen-bond acceptors (Lipinski definition) is 3. The van der Waals surface area contributed by atoms with Gasteiger partial charge in [-0.2, -0.15) is 0 Å². The molecule has 0 aliphatic heterocycles. The Morgan fingerprint density at radius 3 is 2.63 bits per heavy atom. The zero-order chi connectivity index (χ0) is 13.8. The Morgan fingerprint density at radius 2 is 1.95 bits per heavy atom. The number of carboxylic acid groups (broad SMARTS) is 1. The lowest BCUT2D eigenvalue weighted by Gasteiger charge is -2.09. The fourth-order valence-corrected chi connectivity index (χ4v) is 1.64. The van der Waals surface area contributed by atoms with E-state index in [9.17, 15) is 14.3 Å². The van der Waals surface area contributed by atoms with Crippen LogP contribution in [0.15, 0.2) is 42.5 Å². The summed E-state index contributed by atoms with van der Waals surface area (Å²) in [6.45, 7) is 0.0398. The van der Waals surface area contributed by atoms with E-state index in [-0.39, 0.29) is 18.1 Å². The summed E-state index contributed by atoms with van der Waals surface area (Å²) in [5.74, 6) is -2.19. The van der Waals surface area contributed by atoms with E-state index in [1.54, 1.807) is 12.1 Å². The molecule has 0 fully saturated rings. The van der Waals surface area contributed by atoms with Gasteiger partial charge in [0.05, 0.1) is 0 Å². The molecule has 0 bridgehead atoms. The molecule has 0 spiro atoms. The van der Waals surface area contributed by atoms with Crippen LogP contribution in [0.1, 0.15) is 15.9 Å². The molecule has 2 rings (SSSR count). The molecule has 98 valence electrons. The van der Waals surface area contributed by atoms with Crippen LogP contribution in [0.3, 0.4) is 0 Å². The molecule has 5 heteroatoms. The van der Waals surface area contributed by atoms with E-state index < -0.39 is 17.3 Å². The molecule has 0 heterocycles. The lowest BCUT2D eigenvalue weighted by molar-refractivity contribution is 0.0686. The number of aromatic carboxylic acids is 1. The third-order valence-corrected chi connectivity index (χ3v) is 2.49. The number of halogens is 1. The predicted octanol–water partition coefficient (Wildman–Crippen LogP) is 2.81. The van der Waals surface area contributed by atoms with Gasteiger partial charge in [-0.25, -0.2) is 9.18 Å². The normalized spacial score (nSPS) is 10.2. The first kappa shape index (κ1) is 12.9. The maximum Gasteiger partial charge on any atom is 0.342 e. The van der Waals surface area contributed by atoms with Gasteiger partial charge in [-0.1, -0.05) is 18.2 Å². The van der Waals surface area contributed by atoms with Crippen LogP contribution in [0.2, 0.25) is 0 Å². The third kappa shape index (κ3) is 3.01. The van der Waals surface area contributed by atoms with Gasteiger partial charge in [0.25, 0.3) is 0 Å². The molecular formula is C14H11FO4. The molecule has 0 aliphatic rings. The van der Waals surface area contributed by atoms with Crippen LogP contribution in [0.25, 0.3) is 0 Å². The topological polar surface area (TPSA) is 66.8 Å². The molecule has 2 aromatic carbocycles. The van der Waals surface area contributed by atoms with Gasteiger partial charge in [0.15, 0.2) is 0 Å². The van der Waals surface area contributed by atoms with Crippen molar-refractivity contribution in [3.8, 4) is 11.5 Å². The molecule has 2 N–H and O–H groups in total. The lowest BCUT2D eigenvalue weighted by atomic mass is 10.2. The summed E-state index contributed by atoms with van der Waals surface area (Å²) in [4.78, 5) is 10.9. The van der Waals surface area contributed by atoms with E-state index in [4.69, 9.17) is 9.84 Å². The van der Waals surface area contributed by atoms with Crippen molar-refractivity contribution in [3.63, 3.8) is 0 Å². The van der Waals surface area contributed by atoms with E-state index in [0.717, 1.165) is 6.07 Å². The zero-order valence-corrected chi connectivity index (χ0v) is 9.84. The lowest BCUT2D eigenvalue weighted by Crippen LogP contribution is -2.06. The highest BCUT2D eigenvalue weighted by molar-refractivity contribution is 5.91. The highest BCUT2D eigenvalue weighted by atomic mass is 19.1. The van der Waals surface area contributed by atoms with E-state index in [0.29, 0.717) is 5.56 Å². The quantitative estimate of drug-likeness (QED) is 0.889. The molecule has 0 aliphatic carbocycles. The minimum Gasteiger partial charge on any atom is -0.508 e. The summed E-state index contributed by atoms with van der Waals surface area (Å²) in [5.41, 5.74) is 0.156. The minimum absolute atomic E-state index is 0.0398. The minimum atomic E-state index is -1.39. The van der Waals surface area contributed by atoms with Crippen LogP contribution in [0.4, 0.5) is 4.39 Å². The van der Waals surface area contributed by atoms with Gasteiger partial charge < -0.3 is 14.9 Å². The molecule has 0 saturated heterocycles. The van der Waals surface area contributed by atoms with Crippen LogP contribution < -0.4 is 4.74 Å². The maximum atomic E-state index is 13.4. The van der Waals surface area contributed by atoms with Gasteiger partial charge in [-0.3, -0.25) is 0 Å². The van der Waals surface area contributed by atoms with Crippen molar-refractivity contribution in [2.75, 3.05) is 0 Å². The predicted molar refractivity (Wildman–Crippen MR) is 65.8 cm³/mol. The second-order valence-corrected chi connectivity index (χ2v) is 3.88. The fourth-order valence-electron chi connectivity index (χ4n) is 1.64. The molecule has 0 radical (unpaired) electrons. The van der Waals surface area contributed by atoms with Gasteiger partial charge in [0, 0.05) is 0 Å². The van der Waals surface area contributed by atoms with Crippen LogP contribution in [-0.2, 0) is 6.61 Å². The molecule has 0 amide bonds. The fraction of sp³-hybridized carbons (Fsp3) is 0.0714. The Morgan fingerprint density at radius 1 is 1.21 bits per heavy atom. The molecule has 0 atom stereocenters. The van der Waals surface area contributed by atoms with Crippen LogP contribution >= 0.6 is 0 Å². The number of hydrogen-bond donors (Lipinski definition) is 2. The molecule has 0 aromatic heterocycles. The van der Waals surface area contributed by atoms with Gasteiger partial charge in [-0.05, 0) is 29.8 Å². The summed E-state index contributed by atoms with van der Waals surface area (Å²) >= 11 is 0. The molecule has 4 nitrogen and oxygen atoms in total.